The first-order chi connectivity index (χ1) is 10.0. The molecule has 21 heavy (non-hydrogen) atoms. The van der Waals surface area contributed by atoms with Gasteiger partial charge in [0.25, 0.3) is 0 Å². The molecule has 0 atom stereocenters. The number of amides is 1. The number of hydrogen-bond acceptors (Lipinski definition) is 2. The predicted molar refractivity (Wildman–Crippen MR) is 79.4 cm³/mol. The van der Waals surface area contributed by atoms with Gasteiger partial charge in [0, 0.05) is 31.0 Å². The highest BCUT2D eigenvalue weighted by atomic mass is 19.3. The summed E-state index contributed by atoms with van der Waals surface area (Å²) in [6.07, 6.45) is 0.136. The Bertz CT molecular complexity index is 481. The van der Waals surface area contributed by atoms with Crippen molar-refractivity contribution in [1.29, 1.82) is 0 Å². The normalized spacial score (nSPS) is 18.4. The Morgan fingerprint density at radius 1 is 1.29 bits per heavy atom. The average molecular weight is 296 g/mol. The Kier molecular flexibility index (Phi) is 5.28. The van der Waals surface area contributed by atoms with Crippen LogP contribution in [0, 0.1) is 5.92 Å². The summed E-state index contributed by atoms with van der Waals surface area (Å²) in [4.78, 5) is 12.2. The van der Waals surface area contributed by atoms with E-state index in [1.54, 1.807) is 0 Å². The second kappa shape index (κ2) is 6.98. The van der Waals surface area contributed by atoms with Crippen LogP contribution in [0.2, 0.25) is 0 Å². The maximum atomic E-state index is 13.1. The topological polar surface area (TPSA) is 41.1 Å². The first-order valence-corrected chi connectivity index (χ1v) is 7.49. The van der Waals surface area contributed by atoms with Crippen LogP contribution >= 0.6 is 0 Å². The third-order valence-electron chi connectivity index (χ3n) is 3.93. The molecule has 1 aliphatic carbocycles. The lowest BCUT2D eigenvalue weighted by atomic mass is 9.86. The number of carbonyl (C=O) groups is 1. The monoisotopic (exact) mass is 296 g/mol. The number of hydrogen-bond donors (Lipinski definition) is 2. The molecule has 5 heteroatoms. The van der Waals surface area contributed by atoms with Crippen LogP contribution in [-0.2, 0) is 11.3 Å². The molecule has 1 aromatic carbocycles. The number of alkyl halides is 2. The molecule has 0 bridgehead atoms. The van der Waals surface area contributed by atoms with Gasteiger partial charge in [0.15, 0.2) is 0 Å². The largest absolute Gasteiger partial charge is 0.326 e. The van der Waals surface area contributed by atoms with Gasteiger partial charge >= 0.3 is 0 Å². The van der Waals surface area contributed by atoms with E-state index in [1.165, 1.54) is 0 Å². The molecule has 0 radical (unpaired) electrons. The second-order valence-electron chi connectivity index (χ2n) is 5.56. The van der Waals surface area contributed by atoms with Gasteiger partial charge in [0.05, 0.1) is 0 Å². The van der Waals surface area contributed by atoms with Crippen LogP contribution in [0.1, 0.15) is 38.2 Å². The van der Waals surface area contributed by atoms with E-state index in [1.807, 2.05) is 31.2 Å². The van der Waals surface area contributed by atoms with Gasteiger partial charge in [-0.15, -0.1) is 0 Å². The molecule has 1 aliphatic rings. The molecule has 116 valence electrons. The third-order valence-corrected chi connectivity index (χ3v) is 3.93. The highest BCUT2D eigenvalue weighted by Gasteiger charge is 2.37. The van der Waals surface area contributed by atoms with Crippen molar-refractivity contribution < 1.29 is 13.6 Å². The summed E-state index contributed by atoms with van der Waals surface area (Å²) in [6.45, 7) is 3.54. The number of benzene rings is 1. The van der Waals surface area contributed by atoms with E-state index >= 15 is 0 Å². The summed E-state index contributed by atoms with van der Waals surface area (Å²) in [5, 5.41) is 6.11. The fourth-order valence-electron chi connectivity index (χ4n) is 2.59. The minimum Gasteiger partial charge on any atom is -0.326 e. The fourth-order valence-corrected chi connectivity index (χ4v) is 2.59. The number of carbonyl (C=O) groups excluding carboxylic acids is 1. The van der Waals surface area contributed by atoms with Crippen LogP contribution in [0.4, 0.5) is 14.5 Å². The van der Waals surface area contributed by atoms with Crippen molar-refractivity contribution in [3.63, 3.8) is 0 Å². The molecule has 3 nitrogen and oxygen atoms in total. The number of para-hydroxylation sites is 1. The Labute approximate surface area is 124 Å². The van der Waals surface area contributed by atoms with Gasteiger partial charge in [-0.3, -0.25) is 4.79 Å². The quantitative estimate of drug-likeness (QED) is 0.872. The van der Waals surface area contributed by atoms with Crippen molar-refractivity contribution in [2.45, 2.75) is 45.1 Å². The van der Waals surface area contributed by atoms with Gasteiger partial charge in [0.2, 0.25) is 11.8 Å². The van der Waals surface area contributed by atoms with Crippen LogP contribution < -0.4 is 10.6 Å². The second-order valence-corrected chi connectivity index (χ2v) is 5.56. The predicted octanol–water partition coefficient (Wildman–Crippen LogP) is 3.56. The summed E-state index contributed by atoms with van der Waals surface area (Å²) in [5.41, 5.74) is 1.77. The summed E-state index contributed by atoms with van der Waals surface area (Å²) in [6, 6.07) is 7.58. The lowest BCUT2D eigenvalue weighted by molar-refractivity contribution is -0.124. The maximum absolute atomic E-state index is 13.1. The molecule has 0 aliphatic heterocycles. The minimum atomic E-state index is -2.60. The highest BCUT2D eigenvalue weighted by Crippen LogP contribution is 2.36. The van der Waals surface area contributed by atoms with Crippen molar-refractivity contribution in [3.05, 3.63) is 29.8 Å². The van der Waals surface area contributed by atoms with Crippen molar-refractivity contribution in [3.8, 4) is 0 Å². The molecule has 0 spiro atoms. The molecule has 0 unspecified atom stereocenters. The molecule has 0 aromatic heterocycles. The smallest absolute Gasteiger partial charge is 0.248 e. The maximum Gasteiger partial charge on any atom is 0.248 e. The SMILES string of the molecule is CCNCc1ccccc1NC(=O)C1CCC(F)(F)CC1. The Morgan fingerprint density at radius 2 is 1.95 bits per heavy atom. The molecule has 1 amide bonds. The molecule has 0 saturated heterocycles. The van der Waals surface area contributed by atoms with E-state index in [4.69, 9.17) is 0 Å². The van der Waals surface area contributed by atoms with E-state index in [0.717, 1.165) is 17.8 Å². The van der Waals surface area contributed by atoms with E-state index < -0.39 is 5.92 Å². The Balaban J connectivity index is 1.97. The lowest BCUT2D eigenvalue weighted by Gasteiger charge is -2.27. The van der Waals surface area contributed by atoms with E-state index in [9.17, 15) is 13.6 Å². The van der Waals surface area contributed by atoms with E-state index in [-0.39, 0.29) is 37.5 Å². The van der Waals surface area contributed by atoms with Gasteiger partial charge in [-0.1, -0.05) is 25.1 Å². The number of rotatable bonds is 5. The zero-order valence-corrected chi connectivity index (χ0v) is 12.3. The molecule has 1 aromatic rings. The number of halogens is 2. The summed E-state index contributed by atoms with van der Waals surface area (Å²) in [5.74, 6) is -3.05. The molecule has 2 N–H and O–H groups in total. The first kappa shape index (κ1) is 15.9. The molecule has 0 heterocycles. The van der Waals surface area contributed by atoms with Crippen molar-refractivity contribution >= 4 is 11.6 Å². The standard InChI is InChI=1S/C16H22F2N2O/c1-2-19-11-13-5-3-4-6-14(13)20-15(21)12-7-9-16(17,18)10-8-12/h3-6,12,19H,2,7-11H2,1H3,(H,20,21). The van der Waals surface area contributed by atoms with Crippen molar-refractivity contribution in [2.75, 3.05) is 11.9 Å². The number of nitrogens with one attached hydrogen (secondary N) is 2. The molecule has 1 fully saturated rings. The summed E-state index contributed by atoms with van der Waals surface area (Å²) >= 11 is 0. The molecule has 2 rings (SSSR count). The van der Waals surface area contributed by atoms with E-state index in [2.05, 4.69) is 10.6 Å². The number of anilines is 1. The average Bonchev–Trinajstić information content (AvgIpc) is 2.46. The van der Waals surface area contributed by atoms with Crippen LogP contribution in [0.15, 0.2) is 24.3 Å². The first-order valence-electron chi connectivity index (χ1n) is 7.49. The van der Waals surface area contributed by atoms with Crippen molar-refractivity contribution in [1.82, 2.24) is 5.32 Å². The molecular formula is C16H22F2N2O. The minimum absolute atomic E-state index is 0.144. The van der Waals surface area contributed by atoms with Gasteiger partial charge in [-0.2, -0.15) is 0 Å². The zero-order chi connectivity index (χ0) is 15.3. The van der Waals surface area contributed by atoms with Crippen LogP contribution in [0.3, 0.4) is 0 Å². The summed E-state index contributed by atoms with van der Waals surface area (Å²) < 4.78 is 26.3. The highest BCUT2D eigenvalue weighted by molar-refractivity contribution is 5.93. The fraction of sp³-hybridized carbons (Fsp3) is 0.562. The van der Waals surface area contributed by atoms with Crippen molar-refractivity contribution in [2.24, 2.45) is 5.92 Å². The van der Waals surface area contributed by atoms with Gasteiger partial charge in [-0.25, -0.2) is 8.78 Å². The lowest BCUT2D eigenvalue weighted by Crippen LogP contribution is -2.32. The van der Waals surface area contributed by atoms with Crippen LogP contribution in [0.25, 0.3) is 0 Å². The molecular weight excluding hydrogens is 274 g/mol. The van der Waals surface area contributed by atoms with E-state index in [0.29, 0.717) is 6.54 Å². The van der Waals surface area contributed by atoms with Gasteiger partial charge < -0.3 is 10.6 Å². The Morgan fingerprint density at radius 3 is 2.62 bits per heavy atom. The Hall–Kier alpha value is -1.49. The van der Waals surface area contributed by atoms with Crippen LogP contribution in [0.5, 0.6) is 0 Å². The summed E-state index contributed by atoms with van der Waals surface area (Å²) in [7, 11) is 0. The van der Waals surface area contributed by atoms with Crippen LogP contribution in [-0.4, -0.2) is 18.4 Å². The molecule has 1 saturated carbocycles. The van der Waals surface area contributed by atoms with Gasteiger partial charge in [0.1, 0.15) is 0 Å². The van der Waals surface area contributed by atoms with Gasteiger partial charge in [-0.05, 0) is 31.0 Å². The third kappa shape index (κ3) is 4.49. The zero-order valence-electron chi connectivity index (χ0n) is 12.3.